The van der Waals surface area contributed by atoms with Crippen molar-refractivity contribution >= 4 is 23.6 Å². The Morgan fingerprint density at radius 3 is 2.59 bits per heavy atom. The van der Waals surface area contributed by atoms with Crippen molar-refractivity contribution in [3.05, 3.63) is 32.9 Å². The zero-order chi connectivity index (χ0) is 12.6. The maximum absolute atomic E-state index is 12.6. The lowest BCUT2D eigenvalue weighted by Gasteiger charge is -2.07. The van der Waals surface area contributed by atoms with Gasteiger partial charge in [-0.15, -0.1) is 11.3 Å². The number of nitrogens with one attached hydrogen (secondary N) is 1. The third-order valence-corrected chi connectivity index (χ3v) is 3.13. The summed E-state index contributed by atoms with van der Waals surface area (Å²) in [6, 6.07) is 2.75. The molecule has 0 fully saturated rings. The third-order valence-electron chi connectivity index (χ3n) is 2.08. The first-order valence-electron chi connectivity index (χ1n) is 4.60. The summed E-state index contributed by atoms with van der Waals surface area (Å²) >= 11 is 6.15. The first-order chi connectivity index (χ1) is 7.86. The van der Waals surface area contributed by atoms with Crippen molar-refractivity contribution in [1.29, 1.82) is 0 Å². The maximum Gasteiger partial charge on any atom is 0.431 e. The Morgan fingerprint density at radius 1 is 1.35 bits per heavy atom. The van der Waals surface area contributed by atoms with Crippen molar-refractivity contribution in [3.8, 4) is 11.3 Å². The zero-order valence-corrected chi connectivity index (χ0v) is 10.3. The molecule has 0 aliphatic carbocycles. The molecule has 7 heteroatoms. The van der Waals surface area contributed by atoms with E-state index in [9.17, 15) is 13.2 Å². The molecule has 1 N–H and O–H groups in total. The number of nitrogens with zero attached hydrogens (tertiary/aromatic N) is 1. The van der Waals surface area contributed by atoms with Gasteiger partial charge < -0.3 is 4.98 Å². The van der Waals surface area contributed by atoms with Crippen LogP contribution in [0.15, 0.2) is 17.5 Å². The number of rotatable bonds is 1. The Hall–Kier alpha value is -1.21. The SMILES string of the molecule is Cc1cc(-c2cc(C(F)(F)F)[nH]c(=S)n2)cs1. The molecule has 0 radical (unpaired) electrons. The molecule has 0 aliphatic heterocycles. The predicted octanol–water partition coefficient (Wildman–Crippen LogP) is 4.19. The van der Waals surface area contributed by atoms with Crippen LogP contribution in [0, 0.1) is 11.7 Å². The number of hydrogen-bond donors (Lipinski definition) is 1. The van der Waals surface area contributed by atoms with E-state index in [2.05, 4.69) is 4.98 Å². The highest BCUT2D eigenvalue weighted by Gasteiger charge is 2.32. The van der Waals surface area contributed by atoms with Gasteiger partial charge in [0.05, 0.1) is 5.69 Å². The van der Waals surface area contributed by atoms with Crippen molar-refractivity contribution in [3.63, 3.8) is 0 Å². The lowest BCUT2D eigenvalue weighted by molar-refractivity contribution is -0.141. The molecule has 0 spiro atoms. The Kier molecular flexibility index (Phi) is 3.05. The van der Waals surface area contributed by atoms with Crippen LogP contribution in [-0.2, 0) is 6.18 Å². The fourth-order valence-corrected chi connectivity index (χ4v) is 2.24. The lowest BCUT2D eigenvalue weighted by atomic mass is 10.2. The van der Waals surface area contributed by atoms with Crippen LogP contribution >= 0.6 is 23.6 Å². The Bertz CT molecular complexity index is 598. The smallest absolute Gasteiger partial charge is 0.327 e. The minimum atomic E-state index is -4.45. The first-order valence-corrected chi connectivity index (χ1v) is 5.89. The molecule has 2 heterocycles. The van der Waals surface area contributed by atoms with Gasteiger partial charge in [0.1, 0.15) is 5.69 Å². The van der Waals surface area contributed by atoms with E-state index in [4.69, 9.17) is 12.2 Å². The van der Waals surface area contributed by atoms with Gasteiger partial charge in [0, 0.05) is 15.8 Å². The first kappa shape index (κ1) is 12.3. The van der Waals surface area contributed by atoms with E-state index >= 15 is 0 Å². The predicted molar refractivity (Wildman–Crippen MR) is 62.5 cm³/mol. The lowest BCUT2D eigenvalue weighted by Crippen LogP contribution is -2.09. The molecule has 2 aromatic heterocycles. The van der Waals surface area contributed by atoms with Crippen LogP contribution in [0.5, 0.6) is 0 Å². The fraction of sp³-hybridized carbons (Fsp3) is 0.200. The summed E-state index contributed by atoms with van der Waals surface area (Å²) in [7, 11) is 0. The van der Waals surface area contributed by atoms with Gasteiger partial charge in [-0.3, -0.25) is 0 Å². The second-order valence-electron chi connectivity index (χ2n) is 3.43. The molecular formula is C10H7F3N2S2. The van der Waals surface area contributed by atoms with Gasteiger partial charge >= 0.3 is 6.18 Å². The molecule has 0 atom stereocenters. The van der Waals surface area contributed by atoms with Crippen LogP contribution in [0.25, 0.3) is 11.3 Å². The Labute approximate surface area is 104 Å². The average molecular weight is 276 g/mol. The second-order valence-corrected chi connectivity index (χ2v) is 4.93. The molecule has 0 aromatic carbocycles. The number of H-pyrrole nitrogens is 1. The van der Waals surface area contributed by atoms with Gasteiger partial charge in [-0.05, 0) is 31.3 Å². The number of aromatic nitrogens is 2. The minimum absolute atomic E-state index is 0.168. The molecule has 2 nitrogen and oxygen atoms in total. The van der Waals surface area contributed by atoms with E-state index in [0.717, 1.165) is 10.9 Å². The average Bonchev–Trinajstić information content (AvgIpc) is 2.62. The monoisotopic (exact) mass is 276 g/mol. The molecule has 0 saturated carbocycles. The molecule has 0 unspecified atom stereocenters. The molecule has 2 rings (SSSR count). The molecule has 0 amide bonds. The van der Waals surface area contributed by atoms with Crippen LogP contribution in [0.2, 0.25) is 0 Å². The largest absolute Gasteiger partial charge is 0.431 e. The van der Waals surface area contributed by atoms with E-state index in [-0.39, 0.29) is 10.5 Å². The van der Waals surface area contributed by atoms with Crippen molar-refractivity contribution in [2.75, 3.05) is 0 Å². The van der Waals surface area contributed by atoms with Crippen molar-refractivity contribution in [1.82, 2.24) is 9.97 Å². The standard InChI is InChI=1S/C10H7F3N2S2/c1-5-2-6(4-17-5)7-3-8(10(11,12)13)15-9(16)14-7/h2-4H,1H3,(H,14,15,16). The van der Waals surface area contributed by atoms with Gasteiger partial charge in [0.2, 0.25) is 0 Å². The Balaban J connectivity index is 2.57. The second kappa shape index (κ2) is 4.23. The highest BCUT2D eigenvalue weighted by molar-refractivity contribution is 7.71. The fourth-order valence-electron chi connectivity index (χ4n) is 1.34. The molecule has 0 aliphatic rings. The summed E-state index contributed by atoms with van der Waals surface area (Å²) in [5.41, 5.74) is 0.0138. The summed E-state index contributed by atoms with van der Waals surface area (Å²) in [5.74, 6) is 0. The summed E-state index contributed by atoms with van der Waals surface area (Å²) < 4.78 is 37.5. The van der Waals surface area contributed by atoms with Crippen LogP contribution in [-0.4, -0.2) is 9.97 Å². The highest BCUT2D eigenvalue weighted by atomic mass is 32.1. The van der Waals surface area contributed by atoms with Crippen molar-refractivity contribution in [2.24, 2.45) is 0 Å². The minimum Gasteiger partial charge on any atom is -0.327 e. The van der Waals surface area contributed by atoms with Crippen LogP contribution in [0.1, 0.15) is 10.6 Å². The van der Waals surface area contributed by atoms with Gasteiger partial charge in [0.15, 0.2) is 4.77 Å². The summed E-state index contributed by atoms with van der Waals surface area (Å²) in [6.07, 6.45) is -4.45. The van der Waals surface area contributed by atoms with E-state index in [1.54, 1.807) is 11.4 Å². The number of aryl methyl sites for hydroxylation is 1. The summed E-state index contributed by atoms with van der Waals surface area (Å²) in [4.78, 5) is 6.95. The number of aromatic amines is 1. The zero-order valence-electron chi connectivity index (χ0n) is 8.63. The third kappa shape index (κ3) is 2.73. The molecule has 0 bridgehead atoms. The number of alkyl halides is 3. The van der Waals surface area contributed by atoms with Gasteiger partial charge in [-0.1, -0.05) is 0 Å². The molecule has 17 heavy (non-hydrogen) atoms. The maximum atomic E-state index is 12.6. The molecule has 90 valence electrons. The molecule has 0 saturated heterocycles. The summed E-state index contributed by atoms with van der Waals surface area (Å²) in [6.45, 7) is 1.88. The summed E-state index contributed by atoms with van der Waals surface area (Å²) in [5, 5.41) is 1.76. The molecular weight excluding hydrogens is 269 g/mol. The quantitative estimate of drug-likeness (QED) is 0.791. The van der Waals surface area contributed by atoms with E-state index in [0.29, 0.717) is 5.56 Å². The molecule has 2 aromatic rings. The van der Waals surface area contributed by atoms with Crippen LogP contribution < -0.4 is 0 Å². The van der Waals surface area contributed by atoms with Gasteiger partial charge in [0.25, 0.3) is 0 Å². The van der Waals surface area contributed by atoms with Crippen LogP contribution in [0.3, 0.4) is 0 Å². The number of hydrogen-bond acceptors (Lipinski definition) is 3. The Morgan fingerprint density at radius 2 is 2.06 bits per heavy atom. The number of thiophene rings is 1. The van der Waals surface area contributed by atoms with E-state index in [1.807, 2.05) is 11.9 Å². The number of halogens is 3. The van der Waals surface area contributed by atoms with E-state index in [1.165, 1.54) is 11.3 Å². The normalized spacial score (nSPS) is 11.8. The van der Waals surface area contributed by atoms with E-state index < -0.39 is 11.9 Å². The van der Waals surface area contributed by atoms with Crippen molar-refractivity contribution in [2.45, 2.75) is 13.1 Å². The van der Waals surface area contributed by atoms with Gasteiger partial charge in [-0.2, -0.15) is 13.2 Å². The highest BCUT2D eigenvalue weighted by Crippen LogP contribution is 2.30. The van der Waals surface area contributed by atoms with Gasteiger partial charge in [-0.25, -0.2) is 4.98 Å². The van der Waals surface area contributed by atoms with Crippen LogP contribution in [0.4, 0.5) is 13.2 Å². The van der Waals surface area contributed by atoms with Crippen molar-refractivity contribution < 1.29 is 13.2 Å². The topological polar surface area (TPSA) is 28.7 Å².